The minimum atomic E-state index is -0.557. The number of nitrogens with zero attached hydrogens (tertiary/aromatic N) is 1. The summed E-state index contributed by atoms with van der Waals surface area (Å²) in [6.07, 6.45) is 1.88. The standard InChI is InChI=1S/C24H30F2N2O/c1-15(29-14-18-20(25)7-5-8-21(18)26)13-28-11-10-24(3)16(2)23(28)12-17-19(24)6-4-9-22(17)27/h4-9,15-16,23H,10-14,27H2,1-3H3/t15?,16-,23-,24+/m1/s1. The maximum Gasteiger partial charge on any atom is 0.131 e. The van der Waals surface area contributed by atoms with Crippen LogP contribution in [0.4, 0.5) is 14.5 Å². The van der Waals surface area contributed by atoms with E-state index in [0.29, 0.717) is 12.0 Å². The van der Waals surface area contributed by atoms with Crippen LogP contribution in [0.3, 0.4) is 0 Å². The summed E-state index contributed by atoms with van der Waals surface area (Å²) < 4.78 is 33.6. The van der Waals surface area contributed by atoms with E-state index >= 15 is 0 Å². The average molecular weight is 401 g/mol. The second-order valence-corrected chi connectivity index (χ2v) is 8.92. The largest absolute Gasteiger partial charge is 0.398 e. The molecule has 1 saturated heterocycles. The second kappa shape index (κ2) is 7.69. The van der Waals surface area contributed by atoms with Crippen molar-refractivity contribution in [3.8, 4) is 0 Å². The summed E-state index contributed by atoms with van der Waals surface area (Å²) in [5, 5.41) is 0. The van der Waals surface area contributed by atoms with Gasteiger partial charge in [0.25, 0.3) is 0 Å². The maximum atomic E-state index is 13.9. The Labute approximate surface area is 171 Å². The molecule has 4 rings (SSSR count). The molecule has 0 aromatic heterocycles. The number of nitrogens with two attached hydrogens (primary N) is 1. The molecular formula is C24H30F2N2O. The van der Waals surface area contributed by atoms with Crippen LogP contribution >= 0.6 is 0 Å². The smallest absolute Gasteiger partial charge is 0.131 e. The van der Waals surface area contributed by atoms with Gasteiger partial charge in [-0.3, -0.25) is 4.90 Å². The predicted octanol–water partition coefficient (Wildman–Crippen LogP) is 4.68. The van der Waals surface area contributed by atoms with E-state index in [1.807, 2.05) is 13.0 Å². The zero-order chi connectivity index (χ0) is 20.8. The van der Waals surface area contributed by atoms with Gasteiger partial charge < -0.3 is 10.5 Å². The van der Waals surface area contributed by atoms with Gasteiger partial charge in [-0.15, -0.1) is 0 Å². The van der Waals surface area contributed by atoms with Crippen molar-refractivity contribution in [1.82, 2.24) is 4.90 Å². The third-order valence-electron chi connectivity index (χ3n) is 7.28. The molecule has 2 N–H and O–H groups in total. The lowest BCUT2D eigenvalue weighted by atomic mass is 9.59. The van der Waals surface area contributed by atoms with Crippen molar-refractivity contribution in [2.24, 2.45) is 5.92 Å². The van der Waals surface area contributed by atoms with Crippen molar-refractivity contribution in [1.29, 1.82) is 0 Å². The van der Waals surface area contributed by atoms with Crippen LogP contribution < -0.4 is 5.73 Å². The van der Waals surface area contributed by atoms with Gasteiger partial charge in [0.05, 0.1) is 12.7 Å². The Balaban J connectivity index is 1.46. The van der Waals surface area contributed by atoms with E-state index in [9.17, 15) is 8.78 Å². The molecule has 2 aromatic rings. The van der Waals surface area contributed by atoms with Crippen molar-refractivity contribution in [2.45, 2.75) is 57.8 Å². The molecule has 4 atom stereocenters. The summed E-state index contributed by atoms with van der Waals surface area (Å²) in [4.78, 5) is 2.48. The summed E-state index contributed by atoms with van der Waals surface area (Å²) >= 11 is 0. The molecule has 1 heterocycles. The van der Waals surface area contributed by atoms with Crippen LogP contribution in [-0.4, -0.2) is 30.1 Å². The van der Waals surface area contributed by atoms with E-state index < -0.39 is 11.6 Å². The lowest BCUT2D eigenvalue weighted by Crippen LogP contribution is -2.59. The van der Waals surface area contributed by atoms with E-state index in [1.165, 1.54) is 29.3 Å². The van der Waals surface area contributed by atoms with Crippen molar-refractivity contribution in [3.05, 3.63) is 64.7 Å². The highest BCUT2D eigenvalue weighted by molar-refractivity contribution is 5.55. The number of hydrogen-bond acceptors (Lipinski definition) is 3. The van der Waals surface area contributed by atoms with E-state index in [4.69, 9.17) is 10.5 Å². The third kappa shape index (κ3) is 3.55. The quantitative estimate of drug-likeness (QED) is 0.741. The van der Waals surface area contributed by atoms with Gasteiger partial charge in [-0.05, 0) is 67.0 Å². The van der Waals surface area contributed by atoms with E-state index in [2.05, 4.69) is 30.9 Å². The fraction of sp³-hybridized carbons (Fsp3) is 0.500. The van der Waals surface area contributed by atoms with E-state index in [1.54, 1.807) is 0 Å². The number of rotatable bonds is 5. The number of likely N-dealkylation sites (tertiary alicyclic amines) is 1. The van der Waals surface area contributed by atoms with Crippen LogP contribution in [0, 0.1) is 17.6 Å². The molecule has 0 radical (unpaired) electrons. The first kappa shape index (κ1) is 20.3. The number of benzene rings is 2. The fourth-order valence-corrected chi connectivity index (χ4v) is 5.28. The van der Waals surface area contributed by atoms with Gasteiger partial charge in [-0.2, -0.15) is 0 Å². The second-order valence-electron chi connectivity index (χ2n) is 8.92. The minimum absolute atomic E-state index is 0.00157. The Kier molecular flexibility index (Phi) is 5.38. The number of halogens is 2. The predicted molar refractivity (Wildman–Crippen MR) is 112 cm³/mol. The zero-order valence-corrected chi connectivity index (χ0v) is 17.4. The van der Waals surface area contributed by atoms with Gasteiger partial charge in [-0.25, -0.2) is 8.78 Å². The molecule has 1 fully saturated rings. The maximum absolute atomic E-state index is 13.9. The Morgan fingerprint density at radius 3 is 2.62 bits per heavy atom. The number of piperidine rings is 1. The highest BCUT2D eigenvalue weighted by Gasteiger charge is 2.48. The van der Waals surface area contributed by atoms with Gasteiger partial charge in [0, 0.05) is 23.8 Å². The molecular weight excluding hydrogens is 370 g/mol. The zero-order valence-electron chi connectivity index (χ0n) is 17.4. The van der Waals surface area contributed by atoms with Crippen molar-refractivity contribution in [3.63, 3.8) is 0 Å². The van der Waals surface area contributed by atoms with Gasteiger partial charge in [0.1, 0.15) is 11.6 Å². The van der Waals surface area contributed by atoms with E-state index in [0.717, 1.165) is 31.6 Å². The van der Waals surface area contributed by atoms with Crippen LogP contribution in [0.5, 0.6) is 0 Å². The van der Waals surface area contributed by atoms with Gasteiger partial charge in [0.2, 0.25) is 0 Å². The molecule has 0 saturated carbocycles. The van der Waals surface area contributed by atoms with Crippen molar-refractivity contribution < 1.29 is 13.5 Å². The van der Waals surface area contributed by atoms with Crippen LogP contribution in [-0.2, 0) is 23.2 Å². The number of ether oxygens (including phenoxy) is 1. The van der Waals surface area contributed by atoms with Crippen LogP contribution in [0.2, 0.25) is 0 Å². The first-order valence-electron chi connectivity index (χ1n) is 10.5. The molecule has 5 heteroatoms. The normalized spacial score (nSPS) is 27.5. The molecule has 1 aliphatic carbocycles. The Morgan fingerprint density at radius 2 is 1.90 bits per heavy atom. The Bertz CT molecular complexity index is 882. The Hall–Kier alpha value is -1.98. The van der Waals surface area contributed by atoms with E-state index in [-0.39, 0.29) is 23.7 Å². The molecule has 156 valence electrons. The topological polar surface area (TPSA) is 38.5 Å². The molecule has 1 unspecified atom stereocenters. The van der Waals surface area contributed by atoms with Crippen molar-refractivity contribution in [2.75, 3.05) is 18.8 Å². The highest BCUT2D eigenvalue weighted by Crippen LogP contribution is 2.49. The van der Waals surface area contributed by atoms with Crippen molar-refractivity contribution >= 4 is 5.69 Å². The lowest BCUT2D eigenvalue weighted by Gasteiger charge is -2.55. The molecule has 2 aliphatic rings. The van der Waals surface area contributed by atoms with Crippen LogP contribution in [0.25, 0.3) is 0 Å². The highest BCUT2D eigenvalue weighted by atomic mass is 19.1. The summed E-state index contributed by atoms with van der Waals surface area (Å²) in [5.74, 6) is -0.611. The van der Waals surface area contributed by atoms with Crippen LogP contribution in [0.1, 0.15) is 43.9 Å². The minimum Gasteiger partial charge on any atom is -0.398 e. The Morgan fingerprint density at radius 1 is 1.21 bits per heavy atom. The lowest BCUT2D eigenvalue weighted by molar-refractivity contribution is -0.0253. The summed E-state index contributed by atoms with van der Waals surface area (Å²) in [7, 11) is 0. The summed E-state index contributed by atoms with van der Waals surface area (Å²) in [6.45, 7) is 8.35. The molecule has 0 spiro atoms. The number of anilines is 1. The summed E-state index contributed by atoms with van der Waals surface area (Å²) in [6, 6.07) is 10.6. The molecule has 3 nitrogen and oxygen atoms in total. The van der Waals surface area contributed by atoms with Gasteiger partial charge in [-0.1, -0.05) is 32.0 Å². The molecule has 2 bridgehead atoms. The fourth-order valence-electron chi connectivity index (χ4n) is 5.28. The number of hydrogen-bond donors (Lipinski definition) is 1. The molecule has 1 aliphatic heterocycles. The first-order chi connectivity index (χ1) is 13.8. The molecule has 29 heavy (non-hydrogen) atoms. The number of fused-ring (bicyclic) bond motifs is 4. The third-order valence-corrected chi connectivity index (χ3v) is 7.28. The average Bonchev–Trinajstić information content (AvgIpc) is 2.67. The SMILES string of the molecule is CC(CN1CC[C@]2(C)c3cccc(N)c3C[C@@H]1[C@H]2C)OCc1c(F)cccc1F. The summed E-state index contributed by atoms with van der Waals surface area (Å²) in [5.41, 5.74) is 10.0. The molecule has 2 aromatic carbocycles. The first-order valence-corrected chi connectivity index (χ1v) is 10.5. The van der Waals surface area contributed by atoms with Crippen LogP contribution in [0.15, 0.2) is 36.4 Å². The number of nitrogen functional groups attached to an aromatic ring is 1. The monoisotopic (exact) mass is 400 g/mol. The van der Waals surface area contributed by atoms with Gasteiger partial charge in [0.15, 0.2) is 0 Å². The molecule has 0 amide bonds. The van der Waals surface area contributed by atoms with Gasteiger partial charge >= 0.3 is 0 Å².